The van der Waals surface area contributed by atoms with Gasteiger partial charge in [0.1, 0.15) is 5.75 Å². The molecule has 8 nitrogen and oxygen atoms in total. The Hall–Kier alpha value is -3.59. The lowest BCUT2D eigenvalue weighted by Gasteiger charge is -2.26. The SMILES string of the molecule is O=C(O)NC1CCC(c2ncc(-c3ccc(NC(=O)NCc4ccccc4)cc3O)s2)CC1. The van der Waals surface area contributed by atoms with Gasteiger partial charge < -0.3 is 26.2 Å². The molecule has 1 fully saturated rings. The normalized spacial score (nSPS) is 17.8. The molecule has 4 rings (SSSR count). The van der Waals surface area contributed by atoms with E-state index < -0.39 is 6.09 Å². The number of phenolic OH excluding ortho intramolecular Hbond substituents is 1. The topological polar surface area (TPSA) is 124 Å². The van der Waals surface area contributed by atoms with E-state index in [9.17, 15) is 14.7 Å². The third kappa shape index (κ3) is 6.01. The van der Waals surface area contributed by atoms with Gasteiger partial charge in [-0.25, -0.2) is 14.6 Å². The van der Waals surface area contributed by atoms with Crippen LogP contribution in [0.4, 0.5) is 15.3 Å². The molecule has 1 aromatic heterocycles. The van der Waals surface area contributed by atoms with Gasteiger partial charge in [-0.2, -0.15) is 0 Å². The number of phenols is 1. The Morgan fingerprint density at radius 2 is 1.82 bits per heavy atom. The maximum atomic E-state index is 12.2. The second kappa shape index (κ2) is 10.4. The number of aromatic hydroxyl groups is 1. The summed E-state index contributed by atoms with van der Waals surface area (Å²) in [6, 6.07) is 14.3. The number of carbonyl (C=O) groups excluding carboxylic acids is 1. The van der Waals surface area contributed by atoms with Crippen molar-refractivity contribution < 1.29 is 19.8 Å². The minimum absolute atomic E-state index is 0.00663. The van der Waals surface area contributed by atoms with Crippen LogP contribution in [0.15, 0.2) is 54.7 Å². The second-order valence-corrected chi connectivity index (χ2v) is 9.15. The molecule has 1 saturated carbocycles. The van der Waals surface area contributed by atoms with E-state index in [1.165, 1.54) is 17.4 Å². The predicted octanol–water partition coefficient (Wildman–Crippen LogP) is 5.13. The maximum Gasteiger partial charge on any atom is 0.404 e. The van der Waals surface area contributed by atoms with Crippen molar-refractivity contribution in [2.45, 2.75) is 44.2 Å². The number of carboxylic acid groups (broad SMARTS) is 1. The monoisotopic (exact) mass is 466 g/mol. The van der Waals surface area contributed by atoms with Crippen LogP contribution in [-0.4, -0.2) is 33.4 Å². The number of rotatable bonds is 6. The summed E-state index contributed by atoms with van der Waals surface area (Å²) in [5.74, 6) is 0.368. The predicted molar refractivity (Wildman–Crippen MR) is 128 cm³/mol. The number of amides is 3. The Morgan fingerprint density at radius 3 is 2.52 bits per heavy atom. The van der Waals surface area contributed by atoms with E-state index in [1.807, 2.05) is 30.3 Å². The molecule has 0 aliphatic heterocycles. The van der Waals surface area contributed by atoms with Crippen LogP contribution in [0, 0.1) is 0 Å². The first kappa shape index (κ1) is 22.6. The highest BCUT2D eigenvalue weighted by atomic mass is 32.1. The number of thiazole rings is 1. The fraction of sp³-hybridized carbons (Fsp3) is 0.292. The van der Waals surface area contributed by atoms with Crippen LogP contribution in [0.1, 0.15) is 42.2 Å². The van der Waals surface area contributed by atoms with Gasteiger partial charge in [-0.3, -0.25) is 0 Å². The minimum atomic E-state index is -0.975. The zero-order valence-electron chi connectivity index (χ0n) is 18.0. The molecule has 5 N–H and O–H groups in total. The number of aromatic nitrogens is 1. The standard InChI is InChI=1S/C24H26N4O4S/c29-20-12-18(27-23(30)26-13-15-4-2-1-3-5-15)10-11-19(20)21-14-25-22(33-21)16-6-8-17(9-7-16)28-24(31)32/h1-5,10-12,14,16-17,28-29H,6-9,13H2,(H,31,32)(H2,26,27,30). The molecule has 0 radical (unpaired) electrons. The van der Waals surface area contributed by atoms with E-state index in [2.05, 4.69) is 20.9 Å². The average Bonchev–Trinajstić information content (AvgIpc) is 3.28. The van der Waals surface area contributed by atoms with Gasteiger partial charge in [0.25, 0.3) is 0 Å². The third-order valence-corrected chi connectivity index (χ3v) is 6.94. The molecule has 0 saturated heterocycles. The number of carbonyl (C=O) groups is 2. The number of urea groups is 1. The van der Waals surface area contributed by atoms with Gasteiger partial charge in [-0.1, -0.05) is 30.3 Å². The highest BCUT2D eigenvalue weighted by molar-refractivity contribution is 7.15. The molecule has 0 unspecified atom stereocenters. The summed E-state index contributed by atoms with van der Waals surface area (Å²) in [6.07, 6.45) is 4.14. The van der Waals surface area contributed by atoms with Crippen molar-refractivity contribution >= 4 is 29.1 Å². The molecule has 172 valence electrons. The molecule has 2 aromatic carbocycles. The summed E-state index contributed by atoms with van der Waals surface area (Å²) in [6.45, 7) is 0.411. The lowest BCUT2D eigenvalue weighted by molar-refractivity contribution is 0.185. The second-order valence-electron chi connectivity index (χ2n) is 8.09. The van der Waals surface area contributed by atoms with E-state index in [0.717, 1.165) is 41.1 Å². The Bertz CT molecular complexity index is 1110. The molecular formula is C24H26N4O4S. The van der Waals surface area contributed by atoms with Crippen molar-refractivity contribution in [3.05, 3.63) is 65.3 Å². The Kier molecular flexibility index (Phi) is 7.09. The van der Waals surface area contributed by atoms with Crippen molar-refractivity contribution in [2.24, 2.45) is 0 Å². The number of nitrogens with zero attached hydrogens (tertiary/aromatic N) is 1. The van der Waals surface area contributed by atoms with Gasteiger partial charge in [0.2, 0.25) is 0 Å². The van der Waals surface area contributed by atoms with Crippen molar-refractivity contribution in [3.8, 4) is 16.2 Å². The molecule has 9 heteroatoms. The molecule has 1 aliphatic rings. The van der Waals surface area contributed by atoms with E-state index in [-0.39, 0.29) is 17.8 Å². The van der Waals surface area contributed by atoms with Crippen LogP contribution in [0.2, 0.25) is 0 Å². The molecule has 0 spiro atoms. The van der Waals surface area contributed by atoms with Crippen LogP contribution < -0.4 is 16.0 Å². The Labute approximate surface area is 195 Å². The van der Waals surface area contributed by atoms with Crippen molar-refractivity contribution in [2.75, 3.05) is 5.32 Å². The summed E-state index contributed by atoms with van der Waals surface area (Å²) in [7, 11) is 0. The third-order valence-electron chi connectivity index (χ3n) is 5.74. The van der Waals surface area contributed by atoms with Crippen LogP contribution >= 0.6 is 11.3 Å². The van der Waals surface area contributed by atoms with Gasteiger partial charge >= 0.3 is 12.1 Å². The van der Waals surface area contributed by atoms with E-state index in [0.29, 0.717) is 23.7 Å². The van der Waals surface area contributed by atoms with Crippen LogP contribution in [-0.2, 0) is 6.54 Å². The molecule has 0 atom stereocenters. The zero-order valence-corrected chi connectivity index (χ0v) is 18.8. The highest BCUT2D eigenvalue weighted by Gasteiger charge is 2.25. The van der Waals surface area contributed by atoms with Gasteiger partial charge in [-0.05, 0) is 43.4 Å². The number of benzene rings is 2. The van der Waals surface area contributed by atoms with Crippen LogP contribution in [0.5, 0.6) is 5.75 Å². The number of hydrogen-bond donors (Lipinski definition) is 5. The first-order valence-electron chi connectivity index (χ1n) is 10.9. The van der Waals surface area contributed by atoms with Gasteiger partial charge in [-0.15, -0.1) is 11.3 Å². The molecule has 1 heterocycles. The fourth-order valence-electron chi connectivity index (χ4n) is 4.03. The first-order valence-corrected chi connectivity index (χ1v) is 11.7. The fourth-order valence-corrected chi connectivity index (χ4v) is 5.15. The molecule has 33 heavy (non-hydrogen) atoms. The summed E-state index contributed by atoms with van der Waals surface area (Å²) in [4.78, 5) is 28.4. The average molecular weight is 467 g/mol. The molecule has 1 aliphatic carbocycles. The van der Waals surface area contributed by atoms with Crippen molar-refractivity contribution in [3.63, 3.8) is 0 Å². The quantitative estimate of drug-likeness (QED) is 0.344. The summed E-state index contributed by atoms with van der Waals surface area (Å²) >= 11 is 1.54. The highest BCUT2D eigenvalue weighted by Crippen LogP contribution is 2.40. The van der Waals surface area contributed by atoms with Gasteiger partial charge in [0, 0.05) is 42.0 Å². The van der Waals surface area contributed by atoms with E-state index >= 15 is 0 Å². The minimum Gasteiger partial charge on any atom is -0.507 e. The summed E-state index contributed by atoms with van der Waals surface area (Å²) in [5.41, 5.74) is 2.16. The maximum absolute atomic E-state index is 12.2. The van der Waals surface area contributed by atoms with E-state index in [1.54, 1.807) is 18.3 Å². The van der Waals surface area contributed by atoms with Crippen LogP contribution in [0.3, 0.4) is 0 Å². The molecule has 3 amide bonds. The van der Waals surface area contributed by atoms with Crippen LogP contribution in [0.25, 0.3) is 10.4 Å². The van der Waals surface area contributed by atoms with E-state index in [4.69, 9.17) is 5.11 Å². The molecule has 0 bridgehead atoms. The number of anilines is 1. The smallest absolute Gasteiger partial charge is 0.404 e. The molecular weight excluding hydrogens is 440 g/mol. The summed E-state index contributed by atoms with van der Waals surface area (Å²) < 4.78 is 0. The molecule has 3 aromatic rings. The number of hydrogen-bond acceptors (Lipinski definition) is 5. The lowest BCUT2D eigenvalue weighted by atomic mass is 9.86. The zero-order chi connectivity index (χ0) is 23.2. The lowest BCUT2D eigenvalue weighted by Crippen LogP contribution is -2.36. The Morgan fingerprint density at radius 1 is 1.06 bits per heavy atom. The summed E-state index contributed by atoms with van der Waals surface area (Å²) in [5, 5.41) is 28.5. The van der Waals surface area contributed by atoms with Crippen molar-refractivity contribution in [1.82, 2.24) is 15.6 Å². The number of nitrogens with one attached hydrogen (secondary N) is 3. The van der Waals surface area contributed by atoms with Gasteiger partial charge in [0.15, 0.2) is 0 Å². The van der Waals surface area contributed by atoms with Gasteiger partial charge in [0.05, 0.1) is 9.88 Å². The van der Waals surface area contributed by atoms with Crippen molar-refractivity contribution in [1.29, 1.82) is 0 Å². The largest absolute Gasteiger partial charge is 0.507 e. The first-order chi connectivity index (χ1) is 16.0. The Balaban J connectivity index is 1.34.